The molecule has 27 heavy (non-hydrogen) atoms. The molecule has 0 aliphatic heterocycles. The van der Waals surface area contributed by atoms with Crippen LogP contribution in [0, 0.1) is 0 Å². The molecular weight excluding hydrogens is 392 g/mol. The predicted molar refractivity (Wildman–Crippen MR) is 99.2 cm³/mol. The third kappa shape index (κ3) is 4.93. The first-order chi connectivity index (χ1) is 13.1. The van der Waals surface area contributed by atoms with E-state index in [-0.39, 0.29) is 25.2 Å². The fourth-order valence-electron chi connectivity index (χ4n) is 2.21. The van der Waals surface area contributed by atoms with Gasteiger partial charge in [0.05, 0.1) is 23.4 Å². The highest BCUT2D eigenvalue weighted by Gasteiger charge is 2.14. The van der Waals surface area contributed by atoms with Crippen molar-refractivity contribution >= 4 is 34.7 Å². The molecule has 2 heterocycles. The number of ketones is 1. The van der Waals surface area contributed by atoms with Crippen molar-refractivity contribution < 1.29 is 23.6 Å². The number of esters is 1. The normalized spacial score (nSPS) is 10.6. The highest BCUT2D eigenvalue weighted by Crippen LogP contribution is 2.25. The van der Waals surface area contributed by atoms with E-state index in [1.54, 1.807) is 12.1 Å². The van der Waals surface area contributed by atoms with Crippen molar-refractivity contribution in [1.29, 1.82) is 0 Å². The van der Waals surface area contributed by atoms with Crippen LogP contribution in [0.15, 0.2) is 40.2 Å². The maximum absolute atomic E-state index is 12.1. The van der Waals surface area contributed by atoms with Crippen molar-refractivity contribution in [1.82, 2.24) is 10.1 Å². The Hall–Kier alpha value is -2.71. The summed E-state index contributed by atoms with van der Waals surface area (Å²) in [7, 11) is 1.48. The molecule has 0 fully saturated rings. The van der Waals surface area contributed by atoms with Crippen molar-refractivity contribution in [2.24, 2.45) is 0 Å². The van der Waals surface area contributed by atoms with Crippen molar-refractivity contribution in [2.75, 3.05) is 13.7 Å². The van der Waals surface area contributed by atoms with Gasteiger partial charge in [0.2, 0.25) is 11.7 Å². The molecular formula is C18H15ClN2O5S. The molecule has 0 aliphatic carbocycles. The molecule has 0 unspecified atom stereocenters. The zero-order valence-electron chi connectivity index (χ0n) is 14.3. The molecule has 9 heteroatoms. The van der Waals surface area contributed by atoms with Gasteiger partial charge in [-0.05, 0) is 29.6 Å². The molecule has 7 nitrogen and oxygen atoms in total. The molecule has 3 aromatic rings. The van der Waals surface area contributed by atoms with Crippen LogP contribution in [0.4, 0.5) is 0 Å². The number of benzene rings is 1. The smallest absolute Gasteiger partial charge is 0.306 e. The first-order valence-electron chi connectivity index (χ1n) is 7.95. The lowest BCUT2D eigenvalue weighted by molar-refractivity contribution is -0.142. The minimum Gasteiger partial charge on any atom is -0.495 e. The number of aryl methyl sites for hydroxylation is 1. The molecule has 0 radical (unpaired) electrons. The molecule has 2 aromatic heterocycles. The number of halogens is 1. The molecule has 0 atom stereocenters. The number of thiophene rings is 1. The molecule has 1 aromatic carbocycles. The first-order valence-corrected chi connectivity index (χ1v) is 9.21. The Balaban J connectivity index is 1.47. The summed E-state index contributed by atoms with van der Waals surface area (Å²) in [4.78, 5) is 29.1. The number of hydrogen-bond acceptors (Lipinski definition) is 8. The van der Waals surface area contributed by atoms with Crippen molar-refractivity contribution in [3.05, 3.63) is 52.2 Å². The summed E-state index contributed by atoms with van der Waals surface area (Å²) in [6.45, 7) is -0.369. The van der Waals surface area contributed by atoms with Crippen LogP contribution in [0.5, 0.6) is 5.75 Å². The summed E-state index contributed by atoms with van der Waals surface area (Å²) in [5.41, 5.74) is 0.339. The highest BCUT2D eigenvalue weighted by molar-refractivity contribution is 7.13. The summed E-state index contributed by atoms with van der Waals surface area (Å²) in [5, 5.41) is 6.09. The summed E-state index contributed by atoms with van der Waals surface area (Å²) < 4.78 is 15.1. The van der Waals surface area contributed by atoms with Crippen molar-refractivity contribution in [3.8, 4) is 16.5 Å². The van der Waals surface area contributed by atoms with Crippen LogP contribution < -0.4 is 4.74 Å². The number of aromatic nitrogens is 2. The van der Waals surface area contributed by atoms with E-state index in [2.05, 4.69) is 10.1 Å². The summed E-state index contributed by atoms with van der Waals surface area (Å²) in [6, 6.07) is 8.38. The minimum absolute atomic E-state index is 0.0305. The fourth-order valence-corrected chi connectivity index (χ4v) is 3.12. The Morgan fingerprint density at radius 1 is 1.30 bits per heavy atom. The van der Waals surface area contributed by atoms with E-state index >= 15 is 0 Å². The largest absolute Gasteiger partial charge is 0.495 e. The molecule has 0 amide bonds. The molecule has 0 N–H and O–H groups in total. The predicted octanol–water partition coefficient (Wildman–Crippen LogP) is 3.82. The topological polar surface area (TPSA) is 91.5 Å². The van der Waals surface area contributed by atoms with Crippen LogP contribution in [0.2, 0.25) is 5.02 Å². The van der Waals surface area contributed by atoms with Crippen LogP contribution in [0.25, 0.3) is 10.7 Å². The Bertz CT molecular complexity index is 939. The van der Waals surface area contributed by atoms with Gasteiger partial charge < -0.3 is 14.0 Å². The number of methoxy groups -OCH3 is 1. The second-order valence-electron chi connectivity index (χ2n) is 5.42. The molecule has 0 saturated heterocycles. The Kier molecular flexibility index (Phi) is 6.20. The zero-order chi connectivity index (χ0) is 19.2. The second kappa shape index (κ2) is 8.79. The van der Waals surface area contributed by atoms with E-state index in [9.17, 15) is 9.59 Å². The molecule has 0 aliphatic rings. The van der Waals surface area contributed by atoms with E-state index in [1.165, 1.54) is 24.5 Å². The van der Waals surface area contributed by atoms with Crippen LogP contribution in [0.3, 0.4) is 0 Å². The van der Waals surface area contributed by atoms with Crippen LogP contribution in [-0.2, 0) is 16.0 Å². The lowest BCUT2D eigenvalue weighted by Gasteiger charge is -2.06. The van der Waals surface area contributed by atoms with Gasteiger partial charge in [0, 0.05) is 12.0 Å². The minimum atomic E-state index is -0.529. The van der Waals surface area contributed by atoms with Gasteiger partial charge >= 0.3 is 5.97 Å². The molecule has 0 bridgehead atoms. The number of nitrogens with zero attached hydrogens (tertiary/aromatic N) is 2. The first kappa shape index (κ1) is 19.1. The van der Waals surface area contributed by atoms with Crippen LogP contribution in [-0.4, -0.2) is 35.6 Å². The maximum atomic E-state index is 12.1. The van der Waals surface area contributed by atoms with Gasteiger partial charge in [-0.15, -0.1) is 11.3 Å². The fraction of sp³-hybridized carbons (Fsp3) is 0.222. The third-order valence-corrected chi connectivity index (χ3v) is 4.75. The average Bonchev–Trinajstić information content (AvgIpc) is 3.35. The van der Waals surface area contributed by atoms with Gasteiger partial charge in [-0.1, -0.05) is 22.8 Å². The Labute approximate surface area is 163 Å². The van der Waals surface area contributed by atoms with Gasteiger partial charge in [0.1, 0.15) is 5.75 Å². The Morgan fingerprint density at radius 3 is 2.85 bits per heavy atom. The standard InChI is InChI=1S/C18H15ClN2O5S/c1-24-14-5-4-11(9-12(14)19)13(22)10-25-17(23)7-6-16-20-18(21-26-16)15-3-2-8-27-15/h2-5,8-9H,6-7,10H2,1H3. The molecule has 140 valence electrons. The van der Waals surface area contributed by atoms with Gasteiger partial charge in [-0.3, -0.25) is 9.59 Å². The van der Waals surface area contributed by atoms with Gasteiger partial charge in [-0.2, -0.15) is 4.98 Å². The quantitative estimate of drug-likeness (QED) is 0.414. The number of carbonyl (C=O) groups excluding carboxylic acids is 2. The Morgan fingerprint density at radius 2 is 2.15 bits per heavy atom. The number of ether oxygens (including phenoxy) is 2. The lowest BCUT2D eigenvalue weighted by atomic mass is 10.1. The lowest BCUT2D eigenvalue weighted by Crippen LogP contribution is -2.14. The molecule has 0 saturated carbocycles. The van der Waals surface area contributed by atoms with Crippen LogP contribution in [0.1, 0.15) is 22.7 Å². The van der Waals surface area contributed by atoms with Gasteiger partial charge in [0.25, 0.3) is 0 Å². The number of Topliss-reactive ketones (excluding diaryl/α,β-unsaturated/α-hetero) is 1. The highest BCUT2D eigenvalue weighted by atomic mass is 35.5. The second-order valence-corrected chi connectivity index (χ2v) is 6.78. The monoisotopic (exact) mass is 406 g/mol. The maximum Gasteiger partial charge on any atom is 0.306 e. The van der Waals surface area contributed by atoms with Gasteiger partial charge in [-0.25, -0.2) is 0 Å². The summed E-state index contributed by atoms with van der Waals surface area (Å²) in [6.07, 6.45) is 0.266. The number of hydrogen-bond donors (Lipinski definition) is 0. The van der Waals surface area contributed by atoms with E-state index in [1.807, 2.05) is 17.5 Å². The van der Waals surface area contributed by atoms with E-state index in [0.29, 0.717) is 28.1 Å². The number of carbonyl (C=O) groups is 2. The SMILES string of the molecule is COc1ccc(C(=O)COC(=O)CCc2nc(-c3cccs3)no2)cc1Cl. The van der Waals surface area contributed by atoms with Crippen molar-refractivity contribution in [3.63, 3.8) is 0 Å². The summed E-state index contributed by atoms with van der Waals surface area (Å²) in [5.74, 6) is 0.403. The van der Waals surface area contributed by atoms with E-state index in [0.717, 1.165) is 4.88 Å². The summed E-state index contributed by atoms with van der Waals surface area (Å²) >= 11 is 7.48. The molecule has 3 rings (SSSR count). The van der Waals surface area contributed by atoms with Gasteiger partial charge in [0.15, 0.2) is 12.4 Å². The van der Waals surface area contributed by atoms with E-state index in [4.69, 9.17) is 25.6 Å². The zero-order valence-corrected chi connectivity index (χ0v) is 15.9. The number of rotatable bonds is 8. The average molecular weight is 407 g/mol. The van der Waals surface area contributed by atoms with Crippen molar-refractivity contribution in [2.45, 2.75) is 12.8 Å². The molecule has 0 spiro atoms. The van der Waals surface area contributed by atoms with Crippen LogP contribution >= 0.6 is 22.9 Å². The van der Waals surface area contributed by atoms with E-state index < -0.39 is 5.97 Å². The third-order valence-electron chi connectivity index (χ3n) is 3.59.